The molecule has 0 heterocycles. The van der Waals surface area contributed by atoms with Gasteiger partial charge in [-0.3, -0.25) is 0 Å². The fourth-order valence-electron chi connectivity index (χ4n) is 3.49. The van der Waals surface area contributed by atoms with Gasteiger partial charge in [-0.1, -0.05) is 31.5 Å². The average Bonchev–Trinajstić information content (AvgIpc) is 2.75. The van der Waals surface area contributed by atoms with Gasteiger partial charge in [0.05, 0.1) is 12.0 Å². The van der Waals surface area contributed by atoms with Crippen LogP contribution in [0.2, 0.25) is 0 Å². The Morgan fingerprint density at radius 1 is 0.714 bits per heavy atom. The van der Waals surface area contributed by atoms with Crippen molar-refractivity contribution in [2.24, 2.45) is 0 Å². The van der Waals surface area contributed by atoms with Crippen molar-refractivity contribution in [1.29, 1.82) is 0 Å². The SMILES string of the molecule is CCCc1ccc(CCC(F)(F)Oc2ccc(-c3ccc(C(F)(F)F)c(F)c3)c(F)c2)c(F)c1F. The minimum atomic E-state index is -4.93. The highest BCUT2D eigenvalue weighted by Crippen LogP contribution is 2.35. The Morgan fingerprint density at radius 2 is 1.34 bits per heavy atom. The van der Waals surface area contributed by atoms with E-state index in [2.05, 4.69) is 4.74 Å². The van der Waals surface area contributed by atoms with Crippen LogP contribution in [0.25, 0.3) is 11.1 Å². The summed E-state index contributed by atoms with van der Waals surface area (Å²) in [5.41, 5.74) is -2.23. The molecule has 0 bridgehead atoms. The fourth-order valence-corrected chi connectivity index (χ4v) is 3.49. The van der Waals surface area contributed by atoms with Crippen molar-refractivity contribution >= 4 is 0 Å². The van der Waals surface area contributed by atoms with E-state index in [0.29, 0.717) is 31.0 Å². The molecule has 0 aromatic heterocycles. The standard InChI is InChI=1S/C25H19F9O/c1-2-3-14-4-5-15(23(29)22(14)28)10-11-24(30,31)35-17-7-8-18(20(26)13-17)16-6-9-19(21(27)12-16)25(32,33)34/h4-9,12-13H,2-3,10-11H2,1H3. The maximum Gasteiger partial charge on any atom is 0.419 e. The van der Waals surface area contributed by atoms with Crippen LogP contribution in [0.5, 0.6) is 5.75 Å². The molecule has 0 spiro atoms. The van der Waals surface area contributed by atoms with Gasteiger partial charge < -0.3 is 4.74 Å². The third-order valence-corrected chi connectivity index (χ3v) is 5.24. The van der Waals surface area contributed by atoms with E-state index in [4.69, 9.17) is 0 Å². The van der Waals surface area contributed by atoms with Gasteiger partial charge in [0, 0.05) is 11.6 Å². The molecule has 1 nitrogen and oxygen atoms in total. The molecule has 0 fully saturated rings. The van der Waals surface area contributed by atoms with Gasteiger partial charge in [-0.25, -0.2) is 17.6 Å². The number of rotatable bonds is 8. The van der Waals surface area contributed by atoms with Gasteiger partial charge in [-0.15, -0.1) is 0 Å². The number of ether oxygens (including phenoxy) is 1. The van der Waals surface area contributed by atoms with Crippen LogP contribution in [0.15, 0.2) is 48.5 Å². The van der Waals surface area contributed by atoms with Crippen LogP contribution in [0.1, 0.15) is 36.5 Å². The Morgan fingerprint density at radius 3 is 1.89 bits per heavy atom. The monoisotopic (exact) mass is 506 g/mol. The summed E-state index contributed by atoms with van der Waals surface area (Å²) in [6.45, 7) is 1.78. The predicted octanol–water partition coefficient (Wildman–Crippen LogP) is 8.49. The lowest BCUT2D eigenvalue weighted by Gasteiger charge is -2.19. The Balaban J connectivity index is 1.72. The van der Waals surface area contributed by atoms with Crippen molar-refractivity contribution in [2.75, 3.05) is 0 Å². The third-order valence-electron chi connectivity index (χ3n) is 5.24. The number of benzene rings is 3. The van der Waals surface area contributed by atoms with Crippen LogP contribution in [0.4, 0.5) is 39.5 Å². The number of aryl methyl sites for hydroxylation is 2. The lowest BCUT2D eigenvalue weighted by atomic mass is 10.0. The number of alkyl halides is 5. The molecular weight excluding hydrogens is 487 g/mol. The summed E-state index contributed by atoms with van der Waals surface area (Å²) in [5.74, 6) is -5.69. The molecule has 0 aliphatic carbocycles. The van der Waals surface area contributed by atoms with Crippen molar-refractivity contribution in [3.8, 4) is 16.9 Å². The first-order chi connectivity index (χ1) is 16.3. The van der Waals surface area contributed by atoms with Crippen LogP contribution >= 0.6 is 0 Å². The van der Waals surface area contributed by atoms with E-state index >= 15 is 0 Å². The molecule has 0 amide bonds. The van der Waals surface area contributed by atoms with Gasteiger partial charge in [0.25, 0.3) is 0 Å². The lowest BCUT2D eigenvalue weighted by molar-refractivity contribution is -0.180. The molecule has 35 heavy (non-hydrogen) atoms. The summed E-state index contributed by atoms with van der Waals surface area (Å²) in [5, 5.41) is 0. The highest BCUT2D eigenvalue weighted by molar-refractivity contribution is 5.65. The van der Waals surface area contributed by atoms with Crippen molar-refractivity contribution in [3.05, 3.63) is 88.5 Å². The summed E-state index contributed by atoms with van der Waals surface area (Å²) >= 11 is 0. The van der Waals surface area contributed by atoms with Gasteiger partial charge in [0.1, 0.15) is 17.4 Å². The topological polar surface area (TPSA) is 9.23 Å². The molecule has 0 atom stereocenters. The first-order valence-corrected chi connectivity index (χ1v) is 10.5. The second kappa shape index (κ2) is 10.2. The minimum Gasteiger partial charge on any atom is -0.432 e. The highest BCUT2D eigenvalue weighted by Gasteiger charge is 2.34. The van der Waals surface area contributed by atoms with Crippen molar-refractivity contribution in [3.63, 3.8) is 0 Å². The molecule has 188 valence electrons. The second-order valence-corrected chi connectivity index (χ2v) is 7.84. The van der Waals surface area contributed by atoms with Gasteiger partial charge >= 0.3 is 12.3 Å². The van der Waals surface area contributed by atoms with Crippen LogP contribution in [0.3, 0.4) is 0 Å². The zero-order chi connectivity index (χ0) is 26.0. The molecule has 3 aromatic carbocycles. The fraction of sp³-hybridized carbons (Fsp3) is 0.280. The van der Waals surface area contributed by atoms with Gasteiger partial charge in [0.2, 0.25) is 0 Å². The van der Waals surface area contributed by atoms with E-state index in [-0.39, 0.29) is 22.3 Å². The molecule has 3 aromatic rings. The summed E-state index contributed by atoms with van der Waals surface area (Å²) in [7, 11) is 0. The van der Waals surface area contributed by atoms with Crippen LogP contribution in [-0.4, -0.2) is 6.11 Å². The van der Waals surface area contributed by atoms with E-state index in [9.17, 15) is 39.5 Å². The van der Waals surface area contributed by atoms with Crippen molar-refractivity contribution < 1.29 is 44.3 Å². The second-order valence-electron chi connectivity index (χ2n) is 7.84. The van der Waals surface area contributed by atoms with Crippen LogP contribution in [0, 0.1) is 23.3 Å². The van der Waals surface area contributed by atoms with Crippen molar-refractivity contribution in [2.45, 2.75) is 44.9 Å². The Bertz CT molecular complexity index is 1200. The zero-order valence-electron chi connectivity index (χ0n) is 18.3. The quantitative estimate of drug-likeness (QED) is 0.279. The Kier molecular flexibility index (Phi) is 7.71. The lowest BCUT2D eigenvalue weighted by Crippen LogP contribution is -2.25. The van der Waals surface area contributed by atoms with E-state index < -0.39 is 59.7 Å². The first kappa shape index (κ1) is 26.4. The van der Waals surface area contributed by atoms with Gasteiger partial charge in [0.15, 0.2) is 11.6 Å². The maximum atomic E-state index is 14.5. The highest BCUT2D eigenvalue weighted by atomic mass is 19.4. The number of halogens is 9. The molecule has 0 aliphatic heterocycles. The first-order valence-electron chi connectivity index (χ1n) is 10.5. The Labute approximate surface area is 195 Å². The molecule has 0 unspecified atom stereocenters. The summed E-state index contributed by atoms with van der Waals surface area (Å²) in [4.78, 5) is 0. The number of hydrogen-bond acceptors (Lipinski definition) is 1. The molecule has 0 saturated carbocycles. The maximum absolute atomic E-state index is 14.5. The van der Waals surface area contributed by atoms with E-state index in [1.54, 1.807) is 6.92 Å². The van der Waals surface area contributed by atoms with Crippen LogP contribution < -0.4 is 4.74 Å². The molecular formula is C25H19F9O. The third kappa shape index (κ3) is 6.29. The molecule has 10 heteroatoms. The van der Waals surface area contributed by atoms with E-state index in [0.717, 1.165) is 18.2 Å². The normalized spacial score (nSPS) is 12.2. The van der Waals surface area contributed by atoms with Crippen LogP contribution in [-0.2, 0) is 19.0 Å². The summed E-state index contributed by atoms with van der Waals surface area (Å²) in [6, 6.07) is 6.77. The zero-order valence-corrected chi connectivity index (χ0v) is 18.3. The molecule has 0 aliphatic rings. The Hall–Kier alpha value is -3.17. The molecule has 0 saturated heterocycles. The summed E-state index contributed by atoms with van der Waals surface area (Å²) < 4.78 is 128. The number of hydrogen-bond donors (Lipinski definition) is 0. The minimum absolute atomic E-state index is 0.139. The van der Waals surface area contributed by atoms with Crippen molar-refractivity contribution in [1.82, 2.24) is 0 Å². The molecule has 0 N–H and O–H groups in total. The smallest absolute Gasteiger partial charge is 0.419 e. The molecule has 3 rings (SSSR count). The molecule has 0 radical (unpaired) electrons. The van der Waals surface area contributed by atoms with Gasteiger partial charge in [-0.2, -0.15) is 22.0 Å². The predicted molar refractivity (Wildman–Crippen MR) is 111 cm³/mol. The van der Waals surface area contributed by atoms with E-state index in [1.165, 1.54) is 12.1 Å². The van der Waals surface area contributed by atoms with E-state index in [1.807, 2.05) is 0 Å². The summed E-state index contributed by atoms with van der Waals surface area (Å²) in [6.07, 6.45) is -9.54. The average molecular weight is 506 g/mol. The van der Waals surface area contributed by atoms with Gasteiger partial charge in [-0.05, 0) is 53.8 Å². The largest absolute Gasteiger partial charge is 0.432 e.